The van der Waals surface area contributed by atoms with Crippen molar-refractivity contribution >= 4 is 28.9 Å². The Balaban J connectivity index is 1.60. The van der Waals surface area contributed by atoms with Crippen LogP contribution >= 0.6 is 0 Å². The van der Waals surface area contributed by atoms with Crippen molar-refractivity contribution in [3.8, 4) is 0 Å². The Labute approximate surface area is 201 Å². The number of fused-ring (bicyclic) bond motifs is 1. The number of amides is 1. The van der Waals surface area contributed by atoms with Crippen molar-refractivity contribution in [2.45, 2.75) is 25.7 Å². The van der Waals surface area contributed by atoms with E-state index in [-0.39, 0.29) is 24.9 Å². The summed E-state index contributed by atoms with van der Waals surface area (Å²) in [6.45, 7) is 1.52. The van der Waals surface area contributed by atoms with Crippen LogP contribution < -0.4 is 5.32 Å². The first-order chi connectivity index (χ1) is 17.1. The fraction of sp³-hybridized carbons (Fsp3) is 0.240. The monoisotopic (exact) mass is 475 g/mol. The first-order valence-electron chi connectivity index (χ1n) is 11.1. The number of nitrogens with one attached hydrogen (secondary N) is 1. The molecule has 2 N–H and O–H groups in total. The Morgan fingerprint density at radius 2 is 1.69 bits per heavy atom. The van der Waals surface area contributed by atoms with E-state index in [2.05, 4.69) is 20.3 Å². The highest BCUT2D eigenvalue weighted by molar-refractivity contribution is 6.06. The van der Waals surface area contributed by atoms with Gasteiger partial charge in [0.1, 0.15) is 12.9 Å². The first kappa shape index (κ1) is 24.0. The summed E-state index contributed by atoms with van der Waals surface area (Å²) < 4.78 is 13.1. The van der Waals surface area contributed by atoms with E-state index in [0.29, 0.717) is 28.7 Å². The van der Waals surface area contributed by atoms with Gasteiger partial charge in [-0.2, -0.15) is 0 Å². The number of anilines is 1. The molecular formula is C25H25N5O5. The van der Waals surface area contributed by atoms with Gasteiger partial charge in [0.05, 0.1) is 24.6 Å². The molecule has 0 bridgehead atoms. The molecule has 0 aliphatic carbocycles. The highest BCUT2D eigenvalue weighted by Crippen LogP contribution is 2.24. The second kappa shape index (κ2) is 11.3. The highest BCUT2D eigenvalue weighted by atomic mass is 16.6. The van der Waals surface area contributed by atoms with Crippen LogP contribution in [0.2, 0.25) is 0 Å². The van der Waals surface area contributed by atoms with Gasteiger partial charge in [-0.05, 0) is 30.7 Å². The molecule has 35 heavy (non-hydrogen) atoms. The molecule has 2 aromatic heterocycles. The third kappa shape index (κ3) is 5.68. The summed E-state index contributed by atoms with van der Waals surface area (Å²) in [6, 6.07) is 17.3. The van der Waals surface area contributed by atoms with Crippen LogP contribution in [0.3, 0.4) is 0 Å². The maximum atomic E-state index is 12.6. The lowest BCUT2D eigenvalue weighted by Gasteiger charge is -2.24. The van der Waals surface area contributed by atoms with Crippen molar-refractivity contribution in [1.82, 2.24) is 19.5 Å². The van der Waals surface area contributed by atoms with Gasteiger partial charge in [0.25, 0.3) is 5.91 Å². The van der Waals surface area contributed by atoms with Gasteiger partial charge in [-0.1, -0.05) is 43.3 Å². The smallest absolute Gasteiger partial charge is 0.338 e. The maximum absolute atomic E-state index is 12.6. The van der Waals surface area contributed by atoms with Crippen molar-refractivity contribution in [1.29, 1.82) is 0 Å². The minimum Gasteiger partial charge on any atom is -0.457 e. The van der Waals surface area contributed by atoms with Gasteiger partial charge in [-0.3, -0.25) is 9.36 Å². The number of aliphatic hydroxyl groups is 1. The number of aliphatic hydroxyl groups excluding tert-OH is 1. The van der Waals surface area contributed by atoms with Crippen molar-refractivity contribution in [3.63, 3.8) is 0 Å². The van der Waals surface area contributed by atoms with Crippen LogP contribution in [0.5, 0.6) is 0 Å². The van der Waals surface area contributed by atoms with E-state index in [1.165, 1.54) is 12.7 Å². The molecular weight excluding hydrogens is 450 g/mol. The molecule has 2 aromatic carbocycles. The summed E-state index contributed by atoms with van der Waals surface area (Å²) in [5.74, 6) is -0.612. The van der Waals surface area contributed by atoms with E-state index < -0.39 is 18.3 Å². The van der Waals surface area contributed by atoms with E-state index in [4.69, 9.17) is 9.47 Å². The van der Waals surface area contributed by atoms with Gasteiger partial charge in [0, 0.05) is 5.56 Å². The summed E-state index contributed by atoms with van der Waals surface area (Å²) in [7, 11) is 0. The Bertz CT molecular complexity index is 1280. The highest BCUT2D eigenvalue weighted by Gasteiger charge is 2.23. The minimum atomic E-state index is -0.822. The van der Waals surface area contributed by atoms with Crippen molar-refractivity contribution < 1.29 is 24.2 Å². The number of imidazole rings is 1. The topological polar surface area (TPSA) is 128 Å². The Morgan fingerprint density at radius 3 is 2.34 bits per heavy atom. The lowest BCUT2D eigenvalue weighted by atomic mass is 10.2. The van der Waals surface area contributed by atoms with Gasteiger partial charge in [-0.25, -0.2) is 19.7 Å². The second-order valence-electron chi connectivity index (χ2n) is 7.63. The van der Waals surface area contributed by atoms with Crippen LogP contribution in [-0.2, 0) is 9.47 Å². The largest absolute Gasteiger partial charge is 0.457 e. The molecule has 0 aliphatic rings. The van der Waals surface area contributed by atoms with E-state index in [9.17, 15) is 14.7 Å². The Morgan fingerprint density at radius 1 is 1.00 bits per heavy atom. The standard InChI is InChI=1S/C25H25N5O5/c1-2-19(13-31)35-20(14-34-25(33)18-11-7-4-8-12-18)30-16-28-21-22(26-15-27-23(21)30)29-24(32)17-9-5-3-6-10-17/h3-12,15-16,19-20,31H,2,13-14H2,1H3,(H,26,27,29,32)/t19-,20+/m0/s1. The fourth-order valence-corrected chi connectivity index (χ4v) is 3.40. The van der Waals surface area contributed by atoms with Gasteiger partial charge >= 0.3 is 5.97 Å². The number of benzene rings is 2. The van der Waals surface area contributed by atoms with Crippen LogP contribution in [0.15, 0.2) is 73.3 Å². The molecule has 10 heteroatoms. The average Bonchev–Trinajstić information content (AvgIpc) is 3.35. The lowest BCUT2D eigenvalue weighted by molar-refractivity contribution is -0.0988. The average molecular weight is 476 g/mol. The molecule has 0 fully saturated rings. The van der Waals surface area contributed by atoms with Gasteiger partial charge < -0.3 is 19.9 Å². The van der Waals surface area contributed by atoms with Gasteiger partial charge in [-0.15, -0.1) is 0 Å². The third-order valence-electron chi connectivity index (χ3n) is 5.31. The number of aromatic nitrogens is 4. The molecule has 10 nitrogen and oxygen atoms in total. The van der Waals surface area contributed by atoms with Crippen LogP contribution in [0.4, 0.5) is 5.82 Å². The summed E-state index contributed by atoms with van der Waals surface area (Å²) in [5, 5.41) is 12.4. The molecule has 2 heterocycles. The van der Waals surface area contributed by atoms with Gasteiger partial charge in [0.15, 0.2) is 23.2 Å². The van der Waals surface area contributed by atoms with Crippen LogP contribution in [0, 0.1) is 0 Å². The number of carbonyl (C=O) groups excluding carboxylic acids is 2. The zero-order valence-corrected chi connectivity index (χ0v) is 19.1. The summed E-state index contributed by atoms with van der Waals surface area (Å²) >= 11 is 0. The molecule has 0 spiro atoms. The van der Waals surface area contributed by atoms with E-state index in [0.717, 1.165) is 0 Å². The quantitative estimate of drug-likeness (QED) is 0.335. The normalized spacial score (nSPS) is 12.7. The van der Waals surface area contributed by atoms with Crippen LogP contribution in [-0.4, -0.2) is 55.8 Å². The number of rotatable bonds is 10. The molecule has 180 valence electrons. The predicted octanol–water partition coefficient (Wildman–Crippen LogP) is 3.22. The van der Waals surface area contributed by atoms with Crippen molar-refractivity contribution in [2.75, 3.05) is 18.5 Å². The molecule has 0 saturated carbocycles. The Kier molecular flexibility index (Phi) is 7.76. The lowest BCUT2D eigenvalue weighted by Crippen LogP contribution is -2.27. The van der Waals surface area contributed by atoms with E-state index >= 15 is 0 Å². The Hall–Kier alpha value is -4.15. The number of ether oxygens (including phenoxy) is 2. The SMILES string of the molecule is CC[C@@H](CO)O[C@H](COC(=O)c1ccccc1)n1cnc2c(NC(=O)c3ccccc3)ncnc21. The van der Waals surface area contributed by atoms with Crippen LogP contribution in [0.1, 0.15) is 40.3 Å². The number of esters is 1. The fourth-order valence-electron chi connectivity index (χ4n) is 3.40. The maximum Gasteiger partial charge on any atom is 0.338 e. The third-order valence-corrected chi connectivity index (χ3v) is 5.31. The van der Waals surface area contributed by atoms with E-state index in [1.807, 2.05) is 13.0 Å². The van der Waals surface area contributed by atoms with Crippen molar-refractivity contribution in [2.24, 2.45) is 0 Å². The number of nitrogens with zero attached hydrogens (tertiary/aromatic N) is 4. The zero-order valence-electron chi connectivity index (χ0n) is 19.1. The molecule has 0 radical (unpaired) electrons. The zero-order chi connectivity index (χ0) is 24.6. The number of hydrogen-bond donors (Lipinski definition) is 2. The predicted molar refractivity (Wildman–Crippen MR) is 128 cm³/mol. The molecule has 0 aliphatic heterocycles. The number of carbonyl (C=O) groups is 2. The van der Waals surface area contributed by atoms with E-state index in [1.54, 1.807) is 59.2 Å². The molecule has 2 atom stereocenters. The summed E-state index contributed by atoms with van der Waals surface area (Å²) in [5.41, 5.74) is 1.60. The molecule has 1 amide bonds. The molecule has 0 unspecified atom stereocenters. The second-order valence-corrected chi connectivity index (χ2v) is 7.63. The summed E-state index contributed by atoms with van der Waals surface area (Å²) in [4.78, 5) is 37.9. The van der Waals surface area contributed by atoms with Crippen molar-refractivity contribution in [3.05, 3.63) is 84.4 Å². The molecule has 0 saturated heterocycles. The van der Waals surface area contributed by atoms with Crippen LogP contribution in [0.25, 0.3) is 11.2 Å². The number of hydrogen-bond acceptors (Lipinski definition) is 8. The summed E-state index contributed by atoms with van der Waals surface area (Å²) in [6.07, 6.45) is 2.00. The minimum absolute atomic E-state index is 0.147. The molecule has 4 aromatic rings. The molecule has 4 rings (SSSR count). The first-order valence-corrected chi connectivity index (χ1v) is 11.1. The van der Waals surface area contributed by atoms with Gasteiger partial charge in [0.2, 0.25) is 0 Å².